The second-order valence-electron chi connectivity index (χ2n) is 12.3. The molecule has 0 atom stereocenters. The summed E-state index contributed by atoms with van der Waals surface area (Å²) in [5.41, 5.74) is 0.889. The van der Waals surface area contributed by atoms with Gasteiger partial charge in [0.25, 0.3) is 0 Å². The zero-order valence-corrected chi connectivity index (χ0v) is 26.3. The summed E-state index contributed by atoms with van der Waals surface area (Å²) in [4.78, 5) is 12.6. The lowest BCUT2D eigenvalue weighted by atomic mass is 10.0. The molecule has 2 N–H and O–H groups in total. The molecule has 0 unspecified atom stereocenters. The first-order chi connectivity index (χ1) is 19.5. The van der Waals surface area contributed by atoms with Crippen LogP contribution in [-0.4, -0.2) is 10.2 Å². The zero-order chi connectivity index (χ0) is 29.0. The summed E-state index contributed by atoms with van der Waals surface area (Å²) < 4.78 is 5.92. The van der Waals surface area contributed by atoms with Gasteiger partial charge in [0.05, 0.1) is 0 Å². The minimum absolute atomic E-state index is 0.00936. The minimum Gasteiger partial charge on any atom is -0.507 e. The van der Waals surface area contributed by atoms with Gasteiger partial charge < -0.3 is 14.6 Å². The van der Waals surface area contributed by atoms with Crippen molar-refractivity contribution in [3.8, 4) is 11.5 Å². The molecule has 2 aromatic rings. The van der Waals surface area contributed by atoms with Crippen LogP contribution in [0, 0.1) is 13.8 Å². The van der Waals surface area contributed by atoms with Crippen molar-refractivity contribution >= 4 is 11.0 Å². The average Bonchev–Trinajstić information content (AvgIpc) is 2.95. The van der Waals surface area contributed by atoms with Crippen LogP contribution < -0.4 is 5.43 Å². The molecular weight excluding hydrogens is 496 g/mol. The number of aryl methyl sites for hydroxylation is 2. The Bertz CT molecular complexity index is 1010. The van der Waals surface area contributed by atoms with Crippen LogP contribution in [0.15, 0.2) is 15.3 Å². The van der Waals surface area contributed by atoms with E-state index in [-0.39, 0.29) is 22.3 Å². The molecule has 0 radical (unpaired) electrons. The third-order valence-corrected chi connectivity index (χ3v) is 8.67. The van der Waals surface area contributed by atoms with E-state index in [0.717, 1.165) is 12.8 Å². The van der Waals surface area contributed by atoms with Gasteiger partial charge in [-0.25, -0.2) is 0 Å². The molecule has 4 heteroatoms. The van der Waals surface area contributed by atoms with Crippen molar-refractivity contribution in [3.63, 3.8) is 0 Å². The molecule has 0 fully saturated rings. The molecular formula is C36H60O4. The normalized spacial score (nSPS) is 11.6. The maximum absolute atomic E-state index is 12.6. The van der Waals surface area contributed by atoms with Gasteiger partial charge in [0, 0.05) is 23.6 Å². The first-order valence-corrected chi connectivity index (χ1v) is 16.9. The summed E-state index contributed by atoms with van der Waals surface area (Å²) in [7, 11) is 0. The number of phenols is 2. The van der Waals surface area contributed by atoms with Crippen molar-refractivity contribution in [2.45, 2.75) is 175 Å². The summed E-state index contributed by atoms with van der Waals surface area (Å²) in [6.45, 7) is 5.61. The third-order valence-electron chi connectivity index (χ3n) is 8.67. The first kappa shape index (κ1) is 34.2. The van der Waals surface area contributed by atoms with E-state index in [4.69, 9.17) is 4.42 Å². The van der Waals surface area contributed by atoms with E-state index in [1.54, 1.807) is 13.8 Å². The average molecular weight is 557 g/mol. The number of aromatic hydroxyl groups is 2. The number of phenolic OH excluding ortho intramolecular Hbond substituents is 2. The van der Waals surface area contributed by atoms with E-state index in [2.05, 4.69) is 6.92 Å². The van der Waals surface area contributed by atoms with E-state index in [9.17, 15) is 15.0 Å². The highest BCUT2D eigenvalue weighted by atomic mass is 16.3. The van der Waals surface area contributed by atoms with Gasteiger partial charge in [-0.2, -0.15) is 0 Å². The molecule has 0 amide bonds. The van der Waals surface area contributed by atoms with Crippen LogP contribution in [0.25, 0.3) is 11.0 Å². The van der Waals surface area contributed by atoms with Crippen LogP contribution in [0.5, 0.6) is 11.5 Å². The van der Waals surface area contributed by atoms with Crippen LogP contribution in [0.2, 0.25) is 0 Å². The Kier molecular flexibility index (Phi) is 17.8. The number of rotatable bonds is 24. The van der Waals surface area contributed by atoms with E-state index < -0.39 is 0 Å². The Morgan fingerprint density at radius 2 is 0.925 bits per heavy atom. The summed E-state index contributed by atoms with van der Waals surface area (Å²) in [5.74, 6) is 0.439. The number of unbranched alkanes of at least 4 members (excludes halogenated alkanes) is 22. The van der Waals surface area contributed by atoms with Crippen LogP contribution in [-0.2, 0) is 6.42 Å². The fourth-order valence-corrected chi connectivity index (χ4v) is 5.93. The van der Waals surface area contributed by atoms with Gasteiger partial charge in [-0.3, -0.25) is 4.79 Å². The van der Waals surface area contributed by atoms with Crippen LogP contribution in [0.3, 0.4) is 0 Å². The Labute approximate surface area is 245 Å². The molecule has 0 saturated carbocycles. The first-order valence-electron chi connectivity index (χ1n) is 16.9. The highest BCUT2D eigenvalue weighted by Gasteiger charge is 2.18. The van der Waals surface area contributed by atoms with Crippen molar-refractivity contribution in [2.24, 2.45) is 0 Å². The van der Waals surface area contributed by atoms with Gasteiger partial charge in [0.15, 0.2) is 5.43 Å². The lowest BCUT2D eigenvalue weighted by molar-refractivity contribution is 0.439. The van der Waals surface area contributed by atoms with Gasteiger partial charge in [-0.05, 0) is 20.3 Å². The van der Waals surface area contributed by atoms with Gasteiger partial charge in [-0.15, -0.1) is 0 Å². The van der Waals surface area contributed by atoms with Crippen molar-refractivity contribution in [2.75, 3.05) is 0 Å². The highest BCUT2D eigenvalue weighted by molar-refractivity contribution is 5.89. The minimum atomic E-state index is -0.242. The summed E-state index contributed by atoms with van der Waals surface area (Å²) in [6.07, 6.45) is 32.3. The van der Waals surface area contributed by atoms with Gasteiger partial charge in [-0.1, -0.05) is 148 Å². The maximum Gasteiger partial charge on any atom is 0.196 e. The summed E-state index contributed by atoms with van der Waals surface area (Å²) in [5, 5.41) is 20.7. The lowest BCUT2D eigenvalue weighted by Gasteiger charge is -2.11. The molecule has 0 aliphatic carbocycles. The predicted molar refractivity (Wildman–Crippen MR) is 171 cm³/mol. The molecule has 40 heavy (non-hydrogen) atoms. The number of hydrogen-bond acceptors (Lipinski definition) is 4. The van der Waals surface area contributed by atoms with Crippen LogP contribution in [0.1, 0.15) is 171 Å². The zero-order valence-electron chi connectivity index (χ0n) is 26.3. The monoisotopic (exact) mass is 556 g/mol. The molecule has 1 heterocycles. The number of hydrogen-bond donors (Lipinski definition) is 2. The highest BCUT2D eigenvalue weighted by Crippen LogP contribution is 2.37. The molecule has 2 rings (SSSR count). The quantitative estimate of drug-likeness (QED) is 0.126. The standard InChI is InChI=1S/C36H60O4/c1-4-5-6-7-8-9-10-11-12-13-14-15-16-17-18-19-20-21-22-23-24-25-26-27-31-28-32(37)33-35(39)29(2)34(38)30(3)36(33)40-31/h28,38-39H,4-27H2,1-3H3. The number of benzene rings is 1. The smallest absolute Gasteiger partial charge is 0.196 e. The Hall–Kier alpha value is -1.97. The third kappa shape index (κ3) is 12.7. The summed E-state index contributed by atoms with van der Waals surface area (Å²) >= 11 is 0. The second kappa shape index (κ2) is 20.8. The van der Waals surface area contributed by atoms with Crippen molar-refractivity contribution in [3.05, 3.63) is 33.2 Å². The van der Waals surface area contributed by atoms with E-state index in [1.165, 1.54) is 141 Å². The topological polar surface area (TPSA) is 70.7 Å². The molecule has 0 spiro atoms. The van der Waals surface area contributed by atoms with Crippen molar-refractivity contribution in [1.29, 1.82) is 0 Å². The molecule has 1 aromatic heterocycles. The van der Waals surface area contributed by atoms with Gasteiger partial charge in [0.1, 0.15) is 28.2 Å². The number of fused-ring (bicyclic) bond motifs is 1. The Balaban J connectivity index is 1.39. The van der Waals surface area contributed by atoms with Crippen molar-refractivity contribution < 1.29 is 14.6 Å². The van der Waals surface area contributed by atoms with Crippen LogP contribution >= 0.6 is 0 Å². The SMILES string of the molecule is CCCCCCCCCCCCCCCCCCCCCCCCCc1cc(=O)c2c(O)c(C)c(O)c(C)c2o1. The maximum atomic E-state index is 12.6. The molecule has 1 aromatic carbocycles. The Morgan fingerprint density at radius 3 is 1.32 bits per heavy atom. The molecule has 4 nitrogen and oxygen atoms in total. The largest absolute Gasteiger partial charge is 0.507 e. The Morgan fingerprint density at radius 1 is 0.550 bits per heavy atom. The van der Waals surface area contributed by atoms with E-state index >= 15 is 0 Å². The van der Waals surface area contributed by atoms with Crippen LogP contribution in [0.4, 0.5) is 0 Å². The second-order valence-corrected chi connectivity index (χ2v) is 12.3. The molecule has 0 aliphatic rings. The van der Waals surface area contributed by atoms with Crippen molar-refractivity contribution in [1.82, 2.24) is 0 Å². The fourth-order valence-electron chi connectivity index (χ4n) is 5.93. The predicted octanol–water partition coefficient (Wildman–Crippen LogP) is 11.4. The molecule has 0 bridgehead atoms. The van der Waals surface area contributed by atoms with Gasteiger partial charge in [0.2, 0.25) is 0 Å². The van der Waals surface area contributed by atoms with E-state index in [1.807, 2.05) is 0 Å². The van der Waals surface area contributed by atoms with E-state index in [0.29, 0.717) is 28.9 Å². The molecule has 0 saturated heterocycles. The lowest BCUT2D eigenvalue weighted by Crippen LogP contribution is -2.04. The summed E-state index contributed by atoms with van der Waals surface area (Å²) in [6, 6.07) is 1.50. The molecule has 228 valence electrons. The van der Waals surface area contributed by atoms with Gasteiger partial charge >= 0.3 is 0 Å². The fraction of sp³-hybridized carbons (Fsp3) is 0.750. The molecule has 0 aliphatic heterocycles.